The van der Waals surface area contributed by atoms with Crippen LogP contribution in [0, 0.1) is 6.92 Å². The Morgan fingerprint density at radius 1 is 1.36 bits per heavy atom. The van der Waals surface area contributed by atoms with E-state index in [-0.39, 0.29) is 0 Å². The van der Waals surface area contributed by atoms with E-state index >= 15 is 0 Å². The zero-order valence-corrected chi connectivity index (χ0v) is 8.51. The van der Waals surface area contributed by atoms with Gasteiger partial charge in [-0.2, -0.15) is 5.10 Å². The molecule has 4 nitrogen and oxygen atoms in total. The lowest BCUT2D eigenvalue weighted by molar-refractivity contribution is 0.694. The number of hydrogen-bond donors (Lipinski definition) is 0. The van der Waals surface area contributed by atoms with Crippen LogP contribution in [0.5, 0.6) is 0 Å². The molecule has 0 saturated carbocycles. The fourth-order valence-corrected chi connectivity index (χ4v) is 1.45. The van der Waals surface area contributed by atoms with Crippen LogP contribution in [0.15, 0.2) is 24.9 Å². The van der Waals surface area contributed by atoms with Crippen LogP contribution in [0.3, 0.4) is 0 Å². The number of hydrogen-bond acceptors (Lipinski definition) is 2. The molecule has 2 aromatic rings. The van der Waals surface area contributed by atoms with Crippen LogP contribution < -0.4 is 0 Å². The first-order valence-electron chi connectivity index (χ1n) is 4.70. The van der Waals surface area contributed by atoms with E-state index in [1.54, 1.807) is 0 Å². The molecule has 2 aromatic heterocycles. The molecule has 0 unspecified atom stereocenters. The van der Waals surface area contributed by atoms with Crippen molar-refractivity contribution in [1.82, 2.24) is 19.3 Å². The van der Waals surface area contributed by atoms with Gasteiger partial charge in [0.1, 0.15) is 0 Å². The highest BCUT2D eigenvalue weighted by atomic mass is 15.2. The molecule has 2 heterocycles. The number of aromatic nitrogens is 4. The molecular weight excluding hydrogens is 176 g/mol. The van der Waals surface area contributed by atoms with E-state index in [9.17, 15) is 0 Å². The van der Waals surface area contributed by atoms with Crippen LogP contribution in [0.1, 0.15) is 11.3 Å². The van der Waals surface area contributed by atoms with Crippen LogP contribution >= 0.6 is 0 Å². The highest BCUT2D eigenvalue weighted by Gasteiger charge is 1.97. The summed E-state index contributed by atoms with van der Waals surface area (Å²) >= 11 is 0. The molecule has 2 rings (SSSR count). The van der Waals surface area contributed by atoms with Gasteiger partial charge >= 0.3 is 0 Å². The molecule has 0 aliphatic rings. The zero-order chi connectivity index (χ0) is 9.97. The minimum Gasteiger partial charge on any atom is -0.337 e. The first-order chi connectivity index (χ1) is 6.74. The molecule has 0 bridgehead atoms. The van der Waals surface area contributed by atoms with Crippen molar-refractivity contribution in [1.29, 1.82) is 0 Å². The lowest BCUT2D eigenvalue weighted by Crippen LogP contribution is -1.97. The summed E-state index contributed by atoms with van der Waals surface area (Å²) in [5, 5.41) is 4.13. The van der Waals surface area contributed by atoms with E-state index in [4.69, 9.17) is 0 Å². The molecule has 0 fully saturated rings. The van der Waals surface area contributed by atoms with Gasteiger partial charge in [0.25, 0.3) is 0 Å². The minimum atomic E-state index is 0.965. The monoisotopic (exact) mass is 190 g/mol. The quantitative estimate of drug-likeness (QED) is 0.728. The van der Waals surface area contributed by atoms with Crippen molar-refractivity contribution in [3.63, 3.8) is 0 Å². The van der Waals surface area contributed by atoms with Crippen molar-refractivity contribution in [2.24, 2.45) is 7.05 Å². The molecule has 0 aliphatic carbocycles. The summed E-state index contributed by atoms with van der Waals surface area (Å²) in [7, 11) is 1.94. The second-order valence-electron chi connectivity index (χ2n) is 3.53. The number of aryl methyl sites for hydroxylation is 4. The normalized spacial score (nSPS) is 10.7. The first-order valence-corrected chi connectivity index (χ1v) is 4.70. The van der Waals surface area contributed by atoms with Crippen molar-refractivity contribution in [3.05, 3.63) is 36.2 Å². The third-order valence-corrected chi connectivity index (χ3v) is 2.18. The summed E-state index contributed by atoms with van der Waals surface area (Å²) < 4.78 is 3.93. The second-order valence-corrected chi connectivity index (χ2v) is 3.53. The smallest absolute Gasteiger partial charge is 0.0949 e. The standard InChI is InChI=1S/C10H14N4/c1-9-6-14(8-11-9)4-3-10-5-12-13(2)7-10/h5-8H,3-4H2,1-2H3. The Hall–Kier alpha value is -1.58. The summed E-state index contributed by atoms with van der Waals surface area (Å²) in [5.74, 6) is 0. The van der Waals surface area contributed by atoms with Gasteiger partial charge in [-0.3, -0.25) is 4.68 Å². The number of imidazole rings is 1. The molecule has 4 heteroatoms. The third kappa shape index (κ3) is 2.02. The SMILES string of the molecule is Cc1cn(CCc2cnn(C)c2)cn1. The molecule has 0 N–H and O–H groups in total. The highest BCUT2D eigenvalue weighted by Crippen LogP contribution is 2.01. The van der Waals surface area contributed by atoms with Gasteiger partial charge in [0.2, 0.25) is 0 Å². The average molecular weight is 190 g/mol. The maximum absolute atomic E-state index is 4.18. The van der Waals surface area contributed by atoms with Crippen molar-refractivity contribution >= 4 is 0 Å². The molecule has 0 atom stereocenters. The van der Waals surface area contributed by atoms with Crippen LogP contribution in [-0.2, 0) is 20.0 Å². The maximum Gasteiger partial charge on any atom is 0.0949 e. The molecule has 0 spiro atoms. The van der Waals surface area contributed by atoms with Gasteiger partial charge < -0.3 is 4.57 Å². The van der Waals surface area contributed by atoms with Gasteiger partial charge in [0.05, 0.1) is 18.2 Å². The van der Waals surface area contributed by atoms with E-state index in [2.05, 4.69) is 20.8 Å². The van der Waals surface area contributed by atoms with E-state index < -0.39 is 0 Å². The molecule has 0 saturated heterocycles. The van der Waals surface area contributed by atoms with Gasteiger partial charge in [0, 0.05) is 26.0 Å². The second kappa shape index (κ2) is 3.65. The molecule has 0 aliphatic heterocycles. The van der Waals surface area contributed by atoms with Crippen molar-refractivity contribution in [3.8, 4) is 0 Å². The summed E-state index contributed by atoms with van der Waals surface area (Å²) in [6, 6.07) is 0. The lowest BCUT2D eigenvalue weighted by atomic mass is 10.2. The summed E-state index contributed by atoms with van der Waals surface area (Å²) in [4.78, 5) is 4.18. The number of rotatable bonds is 3. The van der Waals surface area contributed by atoms with Crippen molar-refractivity contribution in [2.45, 2.75) is 19.9 Å². The van der Waals surface area contributed by atoms with Gasteiger partial charge in [-0.25, -0.2) is 4.98 Å². The summed E-state index contributed by atoms with van der Waals surface area (Å²) in [6.07, 6.45) is 8.87. The van der Waals surface area contributed by atoms with Crippen LogP contribution in [0.2, 0.25) is 0 Å². The Balaban J connectivity index is 1.94. The zero-order valence-electron chi connectivity index (χ0n) is 8.51. The maximum atomic E-state index is 4.18. The summed E-state index contributed by atoms with van der Waals surface area (Å²) in [5.41, 5.74) is 2.33. The highest BCUT2D eigenvalue weighted by molar-refractivity contribution is 5.04. The topological polar surface area (TPSA) is 35.6 Å². The fraction of sp³-hybridized carbons (Fsp3) is 0.400. The molecular formula is C10H14N4. The Bertz CT molecular complexity index is 373. The van der Waals surface area contributed by atoms with Crippen molar-refractivity contribution < 1.29 is 0 Å². The van der Waals surface area contributed by atoms with E-state index in [0.717, 1.165) is 18.7 Å². The van der Waals surface area contributed by atoms with Crippen LogP contribution in [0.4, 0.5) is 0 Å². The Morgan fingerprint density at radius 3 is 2.79 bits per heavy atom. The van der Waals surface area contributed by atoms with Crippen molar-refractivity contribution in [2.75, 3.05) is 0 Å². The molecule has 0 radical (unpaired) electrons. The molecule has 0 aromatic carbocycles. The molecule has 0 amide bonds. The molecule has 74 valence electrons. The predicted octanol–water partition coefficient (Wildman–Crippen LogP) is 1.17. The minimum absolute atomic E-state index is 0.965. The van der Waals surface area contributed by atoms with Gasteiger partial charge in [0.15, 0.2) is 0 Å². The van der Waals surface area contributed by atoms with E-state index in [1.165, 1.54) is 5.56 Å². The fourth-order valence-electron chi connectivity index (χ4n) is 1.45. The van der Waals surface area contributed by atoms with E-state index in [0.29, 0.717) is 0 Å². The first kappa shape index (κ1) is 8.99. The molecule has 14 heavy (non-hydrogen) atoms. The summed E-state index contributed by atoms with van der Waals surface area (Å²) in [6.45, 7) is 2.97. The lowest BCUT2D eigenvalue weighted by Gasteiger charge is -1.98. The average Bonchev–Trinajstić information content (AvgIpc) is 2.72. The predicted molar refractivity (Wildman–Crippen MR) is 53.9 cm³/mol. The third-order valence-electron chi connectivity index (χ3n) is 2.18. The van der Waals surface area contributed by atoms with Gasteiger partial charge in [-0.15, -0.1) is 0 Å². The Kier molecular flexibility index (Phi) is 2.35. The largest absolute Gasteiger partial charge is 0.337 e. The van der Waals surface area contributed by atoms with Gasteiger partial charge in [-0.1, -0.05) is 0 Å². The van der Waals surface area contributed by atoms with Gasteiger partial charge in [-0.05, 0) is 18.9 Å². The Morgan fingerprint density at radius 2 is 2.21 bits per heavy atom. The number of nitrogens with zero attached hydrogens (tertiary/aromatic N) is 4. The van der Waals surface area contributed by atoms with Crippen LogP contribution in [-0.4, -0.2) is 19.3 Å². The van der Waals surface area contributed by atoms with Crippen LogP contribution in [0.25, 0.3) is 0 Å². The Labute approximate surface area is 83.2 Å². The van der Waals surface area contributed by atoms with E-state index in [1.807, 2.05) is 37.4 Å².